The average molecular weight is 385 g/mol. The molecule has 0 N–H and O–H groups in total. The summed E-state index contributed by atoms with van der Waals surface area (Å²) in [4.78, 5) is 33.3. The Kier molecular flexibility index (Phi) is 7.71. The summed E-state index contributed by atoms with van der Waals surface area (Å²) in [5.74, 6) is 0.457. The molecule has 0 saturated carbocycles. The third-order valence-corrected chi connectivity index (χ3v) is 3.55. The second-order valence-corrected chi connectivity index (χ2v) is 5.65. The predicted molar refractivity (Wildman–Crippen MR) is 101 cm³/mol. The molecule has 0 bridgehead atoms. The van der Waals surface area contributed by atoms with Crippen LogP contribution < -0.4 is 14.2 Å². The van der Waals surface area contributed by atoms with Crippen LogP contribution in [0.3, 0.4) is 0 Å². The van der Waals surface area contributed by atoms with Crippen molar-refractivity contribution in [3.05, 3.63) is 70.4 Å². The summed E-state index contributed by atoms with van der Waals surface area (Å²) in [6, 6.07) is 12.9. The number of methoxy groups -OCH3 is 1. The van der Waals surface area contributed by atoms with Crippen molar-refractivity contribution in [1.82, 2.24) is 0 Å². The Hall–Kier alpha value is -3.68. The van der Waals surface area contributed by atoms with Crippen LogP contribution >= 0.6 is 0 Å². The topological polar surface area (TPSA) is 105 Å². The lowest BCUT2D eigenvalue weighted by molar-refractivity contribution is -0.400. The molecule has 0 atom stereocenters. The molecule has 0 amide bonds. The van der Waals surface area contributed by atoms with Crippen molar-refractivity contribution in [2.24, 2.45) is 0 Å². The number of hydrogen-bond acceptors (Lipinski definition) is 7. The van der Waals surface area contributed by atoms with E-state index in [-0.39, 0.29) is 19.3 Å². The fourth-order valence-electron chi connectivity index (χ4n) is 2.18. The van der Waals surface area contributed by atoms with Gasteiger partial charge in [0.15, 0.2) is 0 Å². The molecule has 8 nitrogen and oxygen atoms in total. The summed E-state index contributed by atoms with van der Waals surface area (Å²) in [7, 11) is 1.54. The molecule has 0 heterocycles. The van der Waals surface area contributed by atoms with Crippen molar-refractivity contribution >= 4 is 18.0 Å². The van der Waals surface area contributed by atoms with E-state index in [1.807, 2.05) is 0 Å². The van der Waals surface area contributed by atoms with Gasteiger partial charge < -0.3 is 14.2 Å². The van der Waals surface area contributed by atoms with Crippen LogP contribution in [0.4, 0.5) is 0 Å². The standard InChI is InChI=1S/C20H19NO7/c1-26-16-9-11-18(12-10-16)28-20(23)4-2-3-19(22)27-17-7-5-15(6-8-17)13-14-21(24)25/h5-14H,2-4H2,1H3/b14-13-. The molecule has 0 saturated heterocycles. The Morgan fingerprint density at radius 1 is 0.893 bits per heavy atom. The summed E-state index contributed by atoms with van der Waals surface area (Å²) < 4.78 is 15.3. The summed E-state index contributed by atoms with van der Waals surface area (Å²) >= 11 is 0. The van der Waals surface area contributed by atoms with Gasteiger partial charge in [0.2, 0.25) is 6.20 Å². The molecular formula is C20H19NO7. The van der Waals surface area contributed by atoms with Gasteiger partial charge in [0, 0.05) is 18.9 Å². The molecule has 0 aromatic heterocycles. The van der Waals surface area contributed by atoms with Gasteiger partial charge in [0.1, 0.15) is 17.2 Å². The van der Waals surface area contributed by atoms with Gasteiger partial charge in [-0.25, -0.2) is 0 Å². The summed E-state index contributed by atoms with van der Waals surface area (Å²) in [5, 5.41) is 10.3. The van der Waals surface area contributed by atoms with Crippen LogP contribution in [0.2, 0.25) is 0 Å². The van der Waals surface area contributed by atoms with Crippen molar-refractivity contribution in [1.29, 1.82) is 0 Å². The van der Waals surface area contributed by atoms with E-state index >= 15 is 0 Å². The lowest BCUT2D eigenvalue weighted by atomic mass is 10.2. The van der Waals surface area contributed by atoms with Gasteiger partial charge in [0.25, 0.3) is 0 Å². The Labute approximate surface area is 161 Å². The molecule has 2 rings (SSSR count). The van der Waals surface area contributed by atoms with Crippen molar-refractivity contribution in [3.63, 3.8) is 0 Å². The quantitative estimate of drug-likeness (QED) is 0.281. The maximum absolute atomic E-state index is 11.8. The molecule has 8 heteroatoms. The minimum Gasteiger partial charge on any atom is -0.497 e. The lowest BCUT2D eigenvalue weighted by Crippen LogP contribution is -2.11. The Balaban J connectivity index is 1.71. The molecule has 0 spiro atoms. The molecular weight excluding hydrogens is 366 g/mol. The van der Waals surface area contributed by atoms with E-state index in [0.717, 1.165) is 6.20 Å². The van der Waals surface area contributed by atoms with E-state index in [1.165, 1.54) is 18.2 Å². The number of carbonyl (C=O) groups is 2. The SMILES string of the molecule is COc1ccc(OC(=O)CCCC(=O)Oc2ccc(/C=C\[N+](=O)[O-])cc2)cc1. The maximum Gasteiger partial charge on any atom is 0.311 e. The van der Waals surface area contributed by atoms with Gasteiger partial charge >= 0.3 is 11.9 Å². The largest absolute Gasteiger partial charge is 0.497 e. The van der Waals surface area contributed by atoms with Gasteiger partial charge in [-0.1, -0.05) is 12.1 Å². The summed E-state index contributed by atoms with van der Waals surface area (Å²) in [6.45, 7) is 0. The Bertz CT molecular complexity index is 842. The number of rotatable bonds is 9. The highest BCUT2D eigenvalue weighted by molar-refractivity contribution is 5.75. The average Bonchev–Trinajstić information content (AvgIpc) is 2.68. The fourth-order valence-corrected chi connectivity index (χ4v) is 2.18. The normalized spacial score (nSPS) is 10.5. The smallest absolute Gasteiger partial charge is 0.311 e. The first-order valence-corrected chi connectivity index (χ1v) is 8.43. The number of hydrogen-bond donors (Lipinski definition) is 0. The Morgan fingerprint density at radius 3 is 1.82 bits per heavy atom. The van der Waals surface area contributed by atoms with Gasteiger partial charge in [0.05, 0.1) is 12.0 Å². The van der Waals surface area contributed by atoms with Crippen LogP contribution in [-0.4, -0.2) is 24.0 Å². The molecule has 28 heavy (non-hydrogen) atoms. The van der Waals surface area contributed by atoms with E-state index in [1.54, 1.807) is 43.5 Å². The molecule has 0 aliphatic heterocycles. The van der Waals surface area contributed by atoms with Crippen LogP contribution in [0.15, 0.2) is 54.7 Å². The first-order chi connectivity index (χ1) is 13.5. The van der Waals surface area contributed by atoms with Gasteiger partial charge in [-0.15, -0.1) is 0 Å². The minimum absolute atomic E-state index is 0.0562. The lowest BCUT2D eigenvalue weighted by Gasteiger charge is -2.06. The van der Waals surface area contributed by atoms with Gasteiger partial charge in [-0.3, -0.25) is 19.7 Å². The fraction of sp³-hybridized carbons (Fsp3) is 0.200. The zero-order valence-corrected chi connectivity index (χ0v) is 15.2. The predicted octanol–water partition coefficient (Wildman–Crippen LogP) is 3.62. The summed E-state index contributed by atoms with van der Waals surface area (Å²) in [5.41, 5.74) is 0.609. The van der Waals surface area contributed by atoms with Crippen LogP contribution in [0, 0.1) is 10.1 Å². The van der Waals surface area contributed by atoms with Crippen LogP contribution in [0.1, 0.15) is 24.8 Å². The van der Waals surface area contributed by atoms with Gasteiger partial charge in [-0.2, -0.15) is 0 Å². The monoisotopic (exact) mass is 385 g/mol. The highest BCUT2D eigenvalue weighted by Crippen LogP contribution is 2.18. The zero-order chi connectivity index (χ0) is 20.4. The number of carbonyl (C=O) groups excluding carboxylic acids is 2. The van der Waals surface area contributed by atoms with Crippen LogP contribution in [-0.2, 0) is 9.59 Å². The highest BCUT2D eigenvalue weighted by atomic mass is 16.6. The molecule has 2 aromatic carbocycles. The number of nitro groups is 1. The first-order valence-electron chi connectivity index (χ1n) is 8.43. The van der Waals surface area contributed by atoms with Crippen molar-refractivity contribution in [2.45, 2.75) is 19.3 Å². The second-order valence-electron chi connectivity index (χ2n) is 5.65. The van der Waals surface area contributed by atoms with Gasteiger partial charge in [-0.05, 0) is 48.4 Å². The maximum atomic E-state index is 11.8. The van der Waals surface area contributed by atoms with Crippen LogP contribution in [0.5, 0.6) is 17.2 Å². The van der Waals surface area contributed by atoms with Crippen molar-refractivity contribution in [2.75, 3.05) is 7.11 Å². The van der Waals surface area contributed by atoms with E-state index < -0.39 is 16.9 Å². The number of ether oxygens (including phenoxy) is 3. The van der Waals surface area contributed by atoms with E-state index in [9.17, 15) is 19.7 Å². The highest BCUT2D eigenvalue weighted by Gasteiger charge is 2.09. The third kappa shape index (κ3) is 7.28. The van der Waals surface area contributed by atoms with Crippen molar-refractivity contribution in [3.8, 4) is 17.2 Å². The third-order valence-electron chi connectivity index (χ3n) is 3.55. The van der Waals surface area contributed by atoms with E-state index in [4.69, 9.17) is 14.2 Å². The second kappa shape index (κ2) is 10.5. The summed E-state index contributed by atoms with van der Waals surface area (Å²) in [6.07, 6.45) is 2.58. The molecule has 0 aliphatic carbocycles. The molecule has 2 aromatic rings. The number of esters is 2. The minimum atomic E-state index is -0.562. The van der Waals surface area contributed by atoms with E-state index in [0.29, 0.717) is 22.8 Å². The molecule has 0 fully saturated rings. The zero-order valence-electron chi connectivity index (χ0n) is 15.2. The van der Waals surface area contributed by atoms with Crippen LogP contribution in [0.25, 0.3) is 6.08 Å². The molecule has 0 radical (unpaired) electrons. The van der Waals surface area contributed by atoms with Crippen molar-refractivity contribution < 1.29 is 28.7 Å². The molecule has 0 unspecified atom stereocenters. The molecule has 146 valence electrons. The van der Waals surface area contributed by atoms with E-state index in [2.05, 4.69) is 0 Å². The molecule has 0 aliphatic rings. The number of benzene rings is 2. The number of nitrogens with zero attached hydrogens (tertiary/aromatic N) is 1. The first kappa shape index (κ1) is 20.6. The Morgan fingerprint density at radius 2 is 1.36 bits per heavy atom.